The summed E-state index contributed by atoms with van der Waals surface area (Å²) >= 11 is 0. The number of carbonyl (C=O) groups is 1. The molecule has 0 radical (unpaired) electrons. The van der Waals surface area contributed by atoms with Gasteiger partial charge in [-0.25, -0.2) is 4.57 Å². The lowest BCUT2D eigenvalue weighted by Gasteiger charge is -2.42. The van der Waals surface area contributed by atoms with Gasteiger partial charge in [0.15, 0.2) is 39.4 Å². The molecule has 184 valence electrons. The molecule has 3 atom stereocenters. The molecule has 31 heavy (non-hydrogen) atoms. The van der Waals surface area contributed by atoms with Crippen molar-refractivity contribution in [1.29, 1.82) is 0 Å². The standard InChI is InChI=1S/C18H43O8PSi4/c1-28(2,3)23-15-13-17(19)22-16(18(15)24-29(4,5)6)14-21-27(20,25-30(7,8)9)26-31(10,11)12/h15-16,18H,13-14H2,1-12H3/t15-,16-,18+/m1/s1. The summed E-state index contributed by atoms with van der Waals surface area (Å²) in [5.41, 5.74) is 0. The quantitative estimate of drug-likeness (QED) is 0.195. The summed E-state index contributed by atoms with van der Waals surface area (Å²) in [6.45, 7) is 23.8. The maximum atomic E-state index is 13.5. The van der Waals surface area contributed by atoms with Crippen molar-refractivity contribution < 1.29 is 35.9 Å². The molecule has 0 aliphatic carbocycles. The van der Waals surface area contributed by atoms with Crippen molar-refractivity contribution in [1.82, 2.24) is 0 Å². The lowest BCUT2D eigenvalue weighted by molar-refractivity contribution is -0.177. The zero-order valence-corrected chi connectivity index (χ0v) is 26.3. The van der Waals surface area contributed by atoms with Gasteiger partial charge in [0.2, 0.25) is 0 Å². The molecule has 0 spiro atoms. The minimum Gasteiger partial charge on any atom is -0.457 e. The first-order valence-corrected chi connectivity index (χ1v) is 25.9. The summed E-state index contributed by atoms with van der Waals surface area (Å²) in [7, 11) is -12.3. The molecule has 8 nitrogen and oxygen atoms in total. The highest BCUT2D eigenvalue weighted by Gasteiger charge is 2.46. The number of esters is 1. The Kier molecular flexibility index (Phi) is 9.79. The van der Waals surface area contributed by atoms with Crippen molar-refractivity contribution in [3.63, 3.8) is 0 Å². The van der Waals surface area contributed by atoms with Crippen LogP contribution in [-0.2, 0) is 35.9 Å². The van der Waals surface area contributed by atoms with E-state index in [1.807, 2.05) is 39.3 Å². The Balaban J connectivity index is 3.15. The van der Waals surface area contributed by atoms with E-state index in [1.165, 1.54) is 0 Å². The van der Waals surface area contributed by atoms with Gasteiger partial charge in [-0.3, -0.25) is 9.32 Å². The Morgan fingerprint density at radius 1 is 0.806 bits per heavy atom. The first-order chi connectivity index (χ1) is 13.6. The van der Waals surface area contributed by atoms with E-state index in [1.54, 1.807) is 0 Å². The lowest BCUT2D eigenvalue weighted by Crippen LogP contribution is -2.56. The fraction of sp³-hybridized carbons (Fsp3) is 0.944. The summed E-state index contributed by atoms with van der Waals surface area (Å²) < 4.78 is 49.3. The zero-order chi connectivity index (χ0) is 24.5. The maximum absolute atomic E-state index is 13.5. The van der Waals surface area contributed by atoms with Crippen molar-refractivity contribution >= 4 is 47.1 Å². The largest absolute Gasteiger partial charge is 0.457 e. The van der Waals surface area contributed by atoms with E-state index in [4.69, 9.17) is 26.5 Å². The second-order valence-corrected chi connectivity index (χ2v) is 31.8. The molecular formula is C18H43O8PSi4. The van der Waals surface area contributed by atoms with Gasteiger partial charge in [0.25, 0.3) is 0 Å². The van der Waals surface area contributed by atoms with Crippen LogP contribution in [0.1, 0.15) is 6.42 Å². The Bertz CT molecular complexity index is 643. The van der Waals surface area contributed by atoms with E-state index in [0.29, 0.717) is 0 Å². The van der Waals surface area contributed by atoms with E-state index >= 15 is 0 Å². The molecule has 1 fully saturated rings. The molecular weight excluding hydrogens is 488 g/mol. The molecule has 1 aliphatic rings. The zero-order valence-electron chi connectivity index (χ0n) is 21.4. The summed E-state index contributed by atoms with van der Waals surface area (Å²) in [5.74, 6) is -0.376. The van der Waals surface area contributed by atoms with Crippen LogP contribution < -0.4 is 0 Å². The van der Waals surface area contributed by atoms with Crippen molar-refractivity contribution in [3.05, 3.63) is 0 Å². The van der Waals surface area contributed by atoms with Crippen LogP contribution in [0.3, 0.4) is 0 Å². The average Bonchev–Trinajstić information content (AvgIpc) is 2.41. The molecule has 1 rings (SSSR count). The number of hydrogen-bond donors (Lipinski definition) is 0. The van der Waals surface area contributed by atoms with Crippen LogP contribution in [0.5, 0.6) is 0 Å². The van der Waals surface area contributed by atoms with Gasteiger partial charge in [-0.2, -0.15) is 0 Å². The summed E-state index contributed by atoms with van der Waals surface area (Å²) in [4.78, 5) is 12.4. The number of ether oxygens (including phenoxy) is 1. The van der Waals surface area contributed by atoms with E-state index in [0.717, 1.165) is 0 Å². The minimum atomic E-state index is -3.83. The maximum Gasteiger partial charge on any atom is 0.455 e. The van der Waals surface area contributed by atoms with E-state index in [9.17, 15) is 9.36 Å². The van der Waals surface area contributed by atoms with Crippen LogP contribution in [0.2, 0.25) is 78.6 Å². The van der Waals surface area contributed by atoms with E-state index in [2.05, 4.69) is 39.3 Å². The molecule has 1 aliphatic heterocycles. The molecule has 0 aromatic heterocycles. The minimum absolute atomic E-state index is 0.129. The fourth-order valence-corrected chi connectivity index (χ4v) is 11.8. The topological polar surface area (TPSA) is 89.5 Å². The highest BCUT2D eigenvalue weighted by molar-refractivity contribution is 7.52. The lowest BCUT2D eigenvalue weighted by atomic mass is 10.0. The van der Waals surface area contributed by atoms with Crippen LogP contribution in [0, 0.1) is 0 Å². The first kappa shape index (κ1) is 29.4. The molecule has 1 saturated heterocycles. The van der Waals surface area contributed by atoms with Crippen LogP contribution in [0.15, 0.2) is 0 Å². The smallest absolute Gasteiger partial charge is 0.455 e. The number of rotatable bonds is 11. The number of phosphoric acid groups is 1. The predicted octanol–water partition coefficient (Wildman–Crippen LogP) is 5.57. The summed E-state index contributed by atoms with van der Waals surface area (Å²) in [5, 5.41) is 0. The van der Waals surface area contributed by atoms with Gasteiger partial charge in [-0.05, 0) is 78.6 Å². The average molecular weight is 531 g/mol. The first-order valence-electron chi connectivity index (χ1n) is 10.8. The highest BCUT2D eigenvalue weighted by Crippen LogP contribution is 2.54. The molecule has 0 N–H and O–H groups in total. The van der Waals surface area contributed by atoms with Crippen molar-refractivity contribution in [2.24, 2.45) is 0 Å². The second-order valence-electron chi connectivity index (χ2n) is 11.8. The van der Waals surface area contributed by atoms with Gasteiger partial charge in [0.05, 0.1) is 19.1 Å². The molecule has 0 aromatic rings. The summed E-state index contributed by atoms with van der Waals surface area (Å²) in [6, 6.07) is 0. The molecule has 1 heterocycles. The Morgan fingerprint density at radius 2 is 1.26 bits per heavy atom. The third-order valence-corrected chi connectivity index (χ3v) is 12.2. The number of cyclic esters (lactones) is 1. The number of carbonyl (C=O) groups excluding carboxylic acids is 1. The van der Waals surface area contributed by atoms with Crippen LogP contribution in [0.25, 0.3) is 0 Å². The Hall–Kier alpha value is 0.368. The predicted molar refractivity (Wildman–Crippen MR) is 133 cm³/mol. The Labute approximate surface area is 192 Å². The molecule has 13 heteroatoms. The SMILES string of the molecule is C[Si](C)(C)O[C@@H]1[C@@H](COP(=O)(O[Si](C)(C)C)O[Si](C)(C)C)OC(=O)C[C@H]1O[Si](C)(C)C. The number of hydrogen-bond acceptors (Lipinski definition) is 8. The van der Waals surface area contributed by atoms with Gasteiger partial charge in [0, 0.05) is 0 Å². The highest BCUT2D eigenvalue weighted by atomic mass is 31.2. The van der Waals surface area contributed by atoms with Gasteiger partial charge >= 0.3 is 13.8 Å². The van der Waals surface area contributed by atoms with Crippen molar-refractivity contribution in [2.45, 2.75) is 103 Å². The molecule has 0 aromatic carbocycles. The summed E-state index contributed by atoms with van der Waals surface area (Å²) in [6.07, 6.45) is -1.55. The van der Waals surface area contributed by atoms with Crippen molar-refractivity contribution in [3.8, 4) is 0 Å². The fourth-order valence-electron chi connectivity index (χ4n) is 2.96. The molecule has 0 bridgehead atoms. The van der Waals surface area contributed by atoms with Gasteiger partial charge < -0.3 is 22.0 Å². The van der Waals surface area contributed by atoms with Gasteiger partial charge in [0.1, 0.15) is 6.10 Å². The normalized spacial score (nSPS) is 24.3. The monoisotopic (exact) mass is 530 g/mol. The Morgan fingerprint density at radius 3 is 1.65 bits per heavy atom. The molecule has 0 amide bonds. The van der Waals surface area contributed by atoms with Crippen molar-refractivity contribution in [2.75, 3.05) is 6.61 Å². The van der Waals surface area contributed by atoms with E-state index < -0.39 is 59.4 Å². The van der Waals surface area contributed by atoms with Crippen LogP contribution in [0.4, 0.5) is 0 Å². The molecule has 0 saturated carbocycles. The van der Waals surface area contributed by atoms with Crippen LogP contribution in [-0.4, -0.2) is 64.2 Å². The third-order valence-electron chi connectivity index (χ3n) is 3.55. The van der Waals surface area contributed by atoms with Crippen LogP contribution >= 0.6 is 7.82 Å². The van der Waals surface area contributed by atoms with Gasteiger partial charge in [-0.15, -0.1) is 0 Å². The molecule has 0 unspecified atom stereocenters. The van der Waals surface area contributed by atoms with Gasteiger partial charge in [-0.1, -0.05) is 0 Å². The van der Waals surface area contributed by atoms with E-state index in [-0.39, 0.29) is 19.0 Å². The third kappa shape index (κ3) is 12.4. The second kappa shape index (κ2) is 10.3.